The van der Waals surface area contributed by atoms with Gasteiger partial charge in [-0.1, -0.05) is 0 Å². The average molecular weight is 225 g/mol. The summed E-state index contributed by atoms with van der Waals surface area (Å²) in [6, 6.07) is 4.41. The van der Waals surface area contributed by atoms with Crippen molar-refractivity contribution in [1.29, 1.82) is 0 Å². The zero-order valence-electron chi connectivity index (χ0n) is 9.71. The van der Waals surface area contributed by atoms with Crippen molar-refractivity contribution in [3.63, 3.8) is 0 Å². The zero-order chi connectivity index (χ0) is 12.1. The molecule has 0 saturated heterocycles. The molecule has 0 heterocycles. The number of halogens is 1. The Morgan fingerprint density at radius 1 is 1.56 bits per heavy atom. The fourth-order valence-corrected chi connectivity index (χ4v) is 1.27. The molecular weight excluding hydrogens is 209 g/mol. The monoisotopic (exact) mass is 225 g/mol. The third-order valence-corrected chi connectivity index (χ3v) is 2.16. The van der Waals surface area contributed by atoms with Crippen LogP contribution in [0.5, 0.6) is 5.75 Å². The molecule has 0 saturated carbocycles. The largest absolute Gasteiger partial charge is 0.481 e. The second-order valence-electron chi connectivity index (χ2n) is 3.57. The molecule has 1 unspecified atom stereocenters. The van der Waals surface area contributed by atoms with Crippen LogP contribution in [0.15, 0.2) is 18.2 Å². The normalized spacial score (nSPS) is 12.0. The van der Waals surface area contributed by atoms with Crippen molar-refractivity contribution in [1.82, 2.24) is 5.32 Å². The molecule has 3 nitrogen and oxygen atoms in total. The standard InChI is InChI=1S/C12H16FNO2/c1-4-14-12(15)9(3)16-10-5-6-11(13)8(2)7-10/h5-7,9H,4H2,1-3H3,(H,14,15). The van der Waals surface area contributed by atoms with E-state index in [2.05, 4.69) is 5.32 Å². The van der Waals surface area contributed by atoms with Crippen molar-refractivity contribution in [3.8, 4) is 5.75 Å². The highest BCUT2D eigenvalue weighted by atomic mass is 19.1. The smallest absolute Gasteiger partial charge is 0.260 e. The molecule has 1 atom stereocenters. The van der Waals surface area contributed by atoms with Gasteiger partial charge in [-0.05, 0) is 44.5 Å². The van der Waals surface area contributed by atoms with E-state index in [1.165, 1.54) is 12.1 Å². The van der Waals surface area contributed by atoms with E-state index in [1.54, 1.807) is 19.9 Å². The number of hydrogen-bond donors (Lipinski definition) is 1. The lowest BCUT2D eigenvalue weighted by molar-refractivity contribution is -0.127. The van der Waals surface area contributed by atoms with Crippen LogP contribution in [0, 0.1) is 12.7 Å². The van der Waals surface area contributed by atoms with Crippen molar-refractivity contribution < 1.29 is 13.9 Å². The Morgan fingerprint density at radius 2 is 2.25 bits per heavy atom. The number of hydrogen-bond acceptors (Lipinski definition) is 2. The topological polar surface area (TPSA) is 38.3 Å². The fraction of sp³-hybridized carbons (Fsp3) is 0.417. The summed E-state index contributed by atoms with van der Waals surface area (Å²) in [6.45, 7) is 5.71. The van der Waals surface area contributed by atoms with Crippen LogP contribution in [0.4, 0.5) is 4.39 Å². The summed E-state index contributed by atoms with van der Waals surface area (Å²) in [5.74, 6) is 0.0418. The van der Waals surface area contributed by atoms with Crippen LogP contribution in [0.1, 0.15) is 19.4 Å². The summed E-state index contributed by atoms with van der Waals surface area (Å²) < 4.78 is 18.4. The van der Waals surface area contributed by atoms with E-state index in [-0.39, 0.29) is 11.7 Å². The highest BCUT2D eigenvalue weighted by molar-refractivity contribution is 5.80. The Balaban J connectivity index is 2.66. The second kappa shape index (κ2) is 5.49. The molecule has 1 aromatic rings. The van der Waals surface area contributed by atoms with E-state index >= 15 is 0 Å². The number of ether oxygens (including phenoxy) is 1. The zero-order valence-corrected chi connectivity index (χ0v) is 9.71. The molecule has 0 spiro atoms. The van der Waals surface area contributed by atoms with Gasteiger partial charge >= 0.3 is 0 Å². The van der Waals surface area contributed by atoms with Crippen LogP contribution in [0.2, 0.25) is 0 Å². The summed E-state index contributed by atoms with van der Waals surface area (Å²) in [5, 5.41) is 2.65. The van der Waals surface area contributed by atoms with Gasteiger partial charge in [-0.2, -0.15) is 0 Å². The Kier molecular flexibility index (Phi) is 4.28. The predicted molar refractivity (Wildman–Crippen MR) is 59.9 cm³/mol. The molecule has 0 radical (unpaired) electrons. The Morgan fingerprint density at radius 3 is 2.81 bits per heavy atom. The highest BCUT2D eigenvalue weighted by Crippen LogP contribution is 2.17. The van der Waals surface area contributed by atoms with Gasteiger partial charge in [0.05, 0.1) is 0 Å². The molecule has 88 valence electrons. The number of carbonyl (C=O) groups excluding carboxylic acids is 1. The molecule has 0 aliphatic rings. The summed E-state index contributed by atoms with van der Waals surface area (Å²) in [5.41, 5.74) is 0.501. The van der Waals surface area contributed by atoms with Crippen molar-refractivity contribution in [2.75, 3.05) is 6.54 Å². The van der Waals surface area contributed by atoms with Gasteiger partial charge in [-0.15, -0.1) is 0 Å². The molecule has 1 amide bonds. The van der Waals surface area contributed by atoms with Crippen LogP contribution in [0.25, 0.3) is 0 Å². The van der Waals surface area contributed by atoms with Gasteiger partial charge in [0, 0.05) is 6.54 Å². The lowest BCUT2D eigenvalue weighted by atomic mass is 10.2. The average Bonchev–Trinajstić information content (AvgIpc) is 2.24. The third kappa shape index (κ3) is 3.22. The van der Waals surface area contributed by atoms with Crippen LogP contribution in [-0.4, -0.2) is 18.6 Å². The minimum absolute atomic E-state index is 0.176. The van der Waals surface area contributed by atoms with E-state index in [4.69, 9.17) is 4.74 Å². The van der Waals surface area contributed by atoms with E-state index in [1.807, 2.05) is 6.92 Å². The van der Waals surface area contributed by atoms with Gasteiger partial charge in [-0.25, -0.2) is 4.39 Å². The highest BCUT2D eigenvalue weighted by Gasteiger charge is 2.13. The van der Waals surface area contributed by atoms with Gasteiger partial charge < -0.3 is 10.1 Å². The molecule has 0 aliphatic heterocycles. The van der Waals surface area contributed by atoms with Gasteiger partial charge in [0.1, 0.15) is 11.6 Å². The fourth-order valence-electron chi connectivity index (χ4n) is 1.27. The second-order valence-corrected chi connectivity index (χ2v) is 3.57. The number of rotatable bonds is 4. The minimum atomic E-state index is -0.579. The quantitative estimate of drug-likeness (QED) is 0.851. The molecule has 1 N–H and O–H groups in total. The van der Waals surface area contributed by atoms with Crippen LogP contribution in [-0.2, 0) is 4.79 Å². The van der Waals surface area contributed by atoms with Crippen molar-refractivity contribution >= 4 is 5.91 Å². The van der Waals surface area contributed by atoms with E-state index < -0.39 is 6.10 Å². The first-order valence-corrected chi connectivity index (χ1v) is 5.25. The number of aryl methyl sites for hydroxylation is 1. The van der Waals surface area contributed by atoms with Gasteiger partial charge in [0.25, 0.3) is 5.91 Å². The molecule has 1 rings (SSSR count). The Bertz CT molecular complexity index is 379. The van der Waals surface area contributed by atoms with Crippen molar-refractivity contribution in [3.05, 3.63) is 29.6 Å². The lowest BCUT2D eigenvalue weighted by Crippen LogP contribution is -2.36. The first-order valence-electron chi connectivity index (χ1n) is 5.25. The number of amides is 1. The third-order valence-electron chi connectivity index (χ3n) is 2.16. The molecular formula is C12H16FNO2. The Hall–Kier alpha value is -1.58. The maximum absolute atomic E-state index is 13.0. The molecule has 16 heavy (non-hydrogen) atoms. The van der Waals surface area contributed by atoms with E-state index in [9.17, 15) is 9.18 Å². The summed E-state index contributed by atoms with van der Waals surface area (Å²) in [4.78, 5) is 11.4. The molecule has 1 aromatic carbocycles. The Labute approximate surface area is 94.6 Å². The van der Waals surface area contributed by atoms with Gasteiger partial charge in [-0.3, -0.25) is 4.79 Å². The maximum atomic E-state index is 13.0. The summed E-state index contributed by atoms with van der Waals surface area (Å²) >= 11 is 0. The predicted octanol–water partition coefficient (Wildman–Crippen LogP) is 2.04. The van der Waals surface area contributed by atoms with Gasteiger partial charge in [0.2, 0.25) is 0 Å². The number of carbonyl (C=O) groups is 1. The SMILES string of the molecule is CCNC(=O)C(C)Oc1ccc(F)c(C)c1. The number of nitrogens with one attached hydrogen (secondary N) is 1. The lowest BCUT2D eigenvalue weighted by Gasteiger charge is -2.14. The minimum Gasteiger partial charge on any atom is -0.481 e. The van der Waals surface area contributed by atoms with E-state index in [0.717, 1.165) is 0 Å². The summed E-state index contributed by atoms with van der Waals surface area (Å²) in [6.07, 6.45) is -0.579. The van der Waals surface area contributed by atoms with Crippen LogP contribution >= 0.6 is 0 Å². The van der Waals surface area contributed by atoms with Crippen molar-refractivity contribution in [2.45, 2.75) is 26.9 Å². The first kappa shape index (κ1) is 12.5. The molecule has 0 fully saturated rings. The molecule has 0 aliphatic carbocycles. The molecule has 0 aromatic heterocycles. The maximum Gasteiger partial charge on any atom is 0.260 e. The van der Waals surface area contributed by atoms with Crippen LogP contribution in [0.3, 0.4) is 0 Å². The molecule has 4 heteroatoms. The number of benzene rings is 1. The first-order chi connectivity index (χ1) is 7.54. The summed E-state index contributed by atoms with van der Waals surface area (Å²) in [7, 11) is 0. The number of likely N-dealkylation sites (N-methyl/N-ethyl adjacent to an activating group) is 1. The van der Waals surface area contributed by atoms with Crippen molar-refractivity contribution in [2.24, 2.45) is 0 Å². The van der Waals surface area contributed by atoms with E-state index in [0.29, 0.717) is 17.9 Å². The molecule has 0 bridgehead atoms. The van der Waals surface area contributed by atoms with Gasteiger partial charge in [0.15, 0.2) is 6.10 Å². The van der Waals surface area contributed by atoms with Crippen LogP contribution < -0.4 is 10.1 Å².